The lowest BCUT2D eigenvalue weighted by Crippen LogP contribution is -2.39. The van der Waals surface area contributed by atoms with Gasteiger partial charge in [0, 0.05) is 17.3 Å². The smallest absolute Gasteiger partial charge is 0.324 e. The van der Waals surface area contributed by atoms with Crippen LogP contribution in [0.4, 0.5) is 10.5 Å². The Morgan fingerprint density at radius 1 is 1.23 bits per heavy atom. The van der Waals surface area contributed by atoms with E-state index in [2.05, 4.69) is 11.9 Å². The van der Waals surface area contributed by atoms with Crippen molar-refractivity contribution in [1.29, 1.82) is 0 Å². The number of carbonyl (C=O) groups is 4. The van der Waals surface area contributed by atoms with Gasteiger partial charge in [-0.25, -0.2) is 9.69 Å². The van der Waals surface area contributed by atoms with Crippen LogP contribution in [0.5, 0.6) is 0 Å². The fourth-order valence-electron chi connectivity index (χ4n) is 1.89. The number of nitrogens with one attached hydrogen (secondary N) is 1. The number of rotatable bonds is 5. The van der Waals surface area contributed by atoms with E-state index in [1.807, 2.05) is 0 Å². The zero-order chi connectivity index (χ0) is 16.3. The molecule has 7 nitrogen and oxygen atoms in total. The molecule has 1 N–H and O–H groups in total. The third-order valence-corrected chi connectivity index (χ3v) is 3.09. The molecule has 0 aliphatic carbocycles. The molecule has 2 rings (SSSR count). The molecule has 0 aromatic heterocycles. The van der Waals surface area contributed by atoms with Gasteiger partial charge in [0.15, 0.2) is 0 Å². The molecule has 1 saturated heterocycles. The molecule has 0 atom stereocenters. The molecule has 114 valence electrons. The van der Waals surface area contributed by atoms with Crippen LogP contribution in [0.1, 0.15) is 0 Å². The molecule has 0 saturated carbocycles. The lowest BCUT2D eigenvalue weighted by Gasteiger charge is -2.14. The first-order chi connectivity index (χ1) is 10.4. The van der Waals surface area contributed by atoms with Gasteiger partial charge < -0.3 is 5.32 Å². The Balaban J connectivity index is 2.05. The highest BCUT2D eigenvalue weighted by Gasteiger charge is 2.44. The summed E-state index contributed by atoms with van der Waals surface area (Å²) in [5.41, 5.74) is 0.422. The van der Waals surface area contributed by atoms with Gasteiger partial charge in [-0.2, -0.15) is 0 Å². The third-order valence-electron chi connectivity index (χ3n) is 2.86. The standard InChI is InChI=1S/C14H12ClN3O4/c1-2-6-17-12(20)13(21)18(14(17)22)8-11(19)16-10-5-3-4-9(15)7-10/h2-5,7H,1,6,8H2,(H,16,19). The van der Waals surface area contributed by atoms with Crippen LogP contribution >= 0.6 is 11.6 Å². The van der Waals surface area contributed by atoms with Gasteiger partial charge in [-0.15, -0.1) is 6.58 Å². The molecule has 1 fully saturated rings. The second-order valence-corrected chi connectivity index (χ2v) is 4.87. The summed E-state index contributed by atoms with van der Waals surface area (Å²) in [4.78, 5) is 48.5. The molecule has 1 heterocycles. The molecule has 1 aliphatic heterocycles. The molecule has 0 radical (unpaired) electrons. The molecular weight excluding hydrogens is 310 g/mol. The van der Waals surface area contributed by atoms with Crippen molar-refractivity contribution < 1.29 is 19.2 Å². The second kappa shape index (κ2) is 6.40. The van der Waals surface area contributed by atoms with Crippen LogP contribution in [-0.4, -0.2) is 46.6 Å². The molecule has 22 heavy (non-hydrogen) atoms. The van der Waals surface area contributed by atoms with Crippen LogP contribution < -0.4 is 5.32 Å². The Morgan fingerprint density at radius 3 is 2.55 bits per heavy atom. The lowest BCUT2D eigenvalue weighted by molar-refractivity contribution is -0.143. The summed E-state index contributed by atoms with van der Waals surface area (Å²) in [6.45, 7) is 2.76. The summed E-state index contributed by atoms with van der Waals surface area (Å²) in [7, 11) is 0. The summed E-state index contributed by atoms with van der Waals surface area (Å²) >= 11 is 5.79. The van der Waals surface area contributed by atoms with Crippen molar-refractivity contribution in [3.63, 3.8) is 0 Å². The molecule has 5 amide bonds. The molecule has 0 spiro atoms. The van der Waals surface area contributed by atoms with Gasteiger partial charge in [0.2, 0.25) is 5.91 Å². The summed E-state index contributed by atoms with van der Waals surface area (Å²) in [6, 6.07) is 5.56. The highest BCUT2D eigenvalue weighted by Crippen LogP contribution is 2.16. The number of carbonyl (C=O) groups excluding carboxylic acids is 4. The van der Waals surface area contributed by atoms with E-state index < -0.39 is 30.3 Å². The molecule has 1 aromatic carbocycles. The van der Waals surface area contributed by atoms with Crippen LogP contribution in [-0.2, 0) is 14.4 Å². The van der Waals surface area contributed by atoms with E-state index in [1.165, 1.54) is 12.1 Å². The number of anilines is 1. The highest BCUT2D eigenvalue weighted by molar-refractivity contribution is 6.45. The van der Waals surface area contributed by atoms with Crippen molar-refractivity contribution in [2.75, 3.05) is 18.4 Å². The number of benzene rings is 1. The summed E-state index contributed by atoms with van der Waals surface area (Å²) in [5.74, 6) is -2.62. The first-order valence-corrected chi connectivity index (χ1v) is 6.65. The van der Waals surface area contributed by atoms with Gasteiger partial charge >= 0.3 is 17.8 Å². The van der Waals surface area contributed by atoms with Gasteiger partial charge in [-0.05, 0) is 18.2 Å². The van der Waals surface area contributed by atoms with Gasteiger partial charge in [-0.3, -0.25) is 19.3 Å². The van der Waals surface area contributed by atoms with E-state index in [0.29, 0.717) is 15.6 Å². The second-order valence-electron chi connectivity index (χ2n) is 4.44. The van der Waals surface area contributed by atoms with E-state index in [9.17, 15) is 19.2 Å². The largest absolute Gasteiger partial charge is 0.335 e. The van der Waals surface area contributed by atoms with Crippen molar-refractivity contribution in [3.05, 3.63) is 41.9 Å². The van der Waals surface area contributed by atoms with Crippen molar-refractivity contribution >= 4 is 41.0 Å². The van der Waals surface area contributed by atoms with Gasteiger partial charge in [0.25, 0.3) is 0 Å². The number of amides is 5. The number of urea groups is 1. The van der Waals surface area contributed by atoms with Crippen LogP contribution in [0.15, 0.2) is 36.9 Å². The Kier molecular flexibility index (Phi) is 4.57. The molecular formula is C14H12ClN3O4. The maximum Gasteiger partial charge on any atom is 0.335 e. The molecule has 0 bridgehead atoms. The maximum atomic E-state index is 11.9. The van der Waals surface area contributed by atoms with Crippen molar-refractivity contribution in [3.8, 4) is 0 Å². The maximum absolute atomic E-state index is 11.9. The van der Waals surface area contributed by atoms with E-state index >= 15 is 0 Å². The van der Waals surface area contributed by atoms with Crippen molar-refractivity contribution in [2.24, 2.45) is 0 Å². The van der Waals surface area contributed by atoms with E-state index in [4.69, 9.17) is 11.6 Å². The Morgan fingerprint density at radius 2 is 1.91 bits per heavy atom. The third kappa shape index (κ3) is 3.15. The van der Waals surface area contributed by atoms with Crippen LogP contribution in [0.2, 0.25) is 5.02 Å². The average Bonchev–Trinajstić information content (AvgIpc) is 2.65. The Labute approximate surface area is 131 Å². The lowest BCUT2D eigenvalue weighted by atomic mass is 10.3. The minimum Gasteiger partial charge on any atom is -0.324 e. The number of nitrogens with zero attached hydrogens (tertiary/aromatic N) is 2. The SMILES string of the molecule is C=CCN1C(=O)C(=O)N(CC(=O)Nc2cccc(Cl)c2)C1=O. The zero-order valence-electron chi connectivity index (χ0n) is 11.4. The predicted octanol–water partition coefficient (Wildman–Crippen LogP) is 1.26. The quantitative estimate of drug-likeness (QED) is 0.502. The first kappa shape index (κ1) is 15.7. The normalized spacial score (nSPS) is 14.5. The van der Waals surface area contributed by atoms with Crippen LogP contribution in [0.25, 0.3) is 0 Å². The minimum absolute atomic E-state index is 0.0875. The highest BCUT2D eigenvalue weighted by atomic mass is 35.5. The minimum atomic E-state index is -1.03. The molecule has 1 aromatic rings. The summed E-state index contributed by atoms with van der Waals surface area (Å²) in [6.07, 6.45) is 1.32. The number of hydrogen-bond donors (Lipinski definition) is 1. The summed E-state index contributed by atoms with van der Waals surface area (Å²) in [5, 5.41) is 2.92. The fourth-order valence-corrected chi connectivity index (χ4v) is 2.08. The molecule has 0 unspecified atom stereocenters. The van der Waals surface area contributed by atoms with Crippen molar-refractivity contribution in [1.82, 2.24) is 9.80 Å². The molecule has 1 aliphatic rings. The first-order valence-electron chi connectivity index (χ1n) is 6.27. The number of imide groups is 2. The average molecular weight is 322 g/mol. The summed E-state index contributed by atoms with van der Waals surface area (Å²) < 4.78 is 0. The Hall–Kier alpha value is -2.67. The topological polar surface area (TPSA) is 86.8 Å². The number of hydrogen-bond acceptors (Lipinski definition) is 4. The van der Waals surface area contributed by atoms with Crippen molar-refractivity contribution in [2.45, 2.75) is 0 Å². The van der Waals surface area contributed by atoms with Gasteiger partial charge in [0.05, 0.1) is 0 Å². The van der Waals surface area contributed by atoms with E-state index in [1.54, 1.807) is 18.2 Å². The van der Waals surface area contributed by atoms with Gasteiger partial charge in [0.1, 0.15) is 6.54 Å². The van der Waals surface area contributed by atoms with Crippen LogP contribution in [0.3, 0.4) is 0 Å². The van der Waals surface area contributed by atoms with E-state index in [-0.39, 0.29) is 6.54 Å². The fraction of sp³-hybridized carbons (Fsp3) is 0.143. The van der Waals surface area contributed by atoms with Gasteiger partial charge in [-0.1, -0.05) is 23.7 Å². The zero-order valence-corrected chi connectivity index (χ0v) is 12.2. The van der Waals surface area contributed by atoms with E-state index in [0.717, 1.165) is 4.90 Å². The molecule has 8 heteroatoms. The van der Waals surface area contributed by atoms with Crippen LogP contribution in [0, 0.1) is 0 Å². The monoisotopic (exact) mass is 321 g/mol. The Bertz CT molecular complexity index is 674. The predicted molar refractivity (Wildman–Crippen MR) is 79.1 cm³/mol. The number of halogens is 1.